The standard InChI is InChI=1S/C15H22N4O5S/c1-17(2)13-5-4-11(10-14(13)19(21)22)15(20)16-12-6-8-18(9-7-12)25(3,23)24/h4-5,10,12H,6-9H2,1-3H3,(H,16,20). The molecule has 0 aromatic heterocycles. The summed E-state index contributed by atoms with van der Waals surface area (Å²) in [7, 11) is 0.167. The zero-order valence-electron chi connectivity index (χ0n) is 14.4. The molecular weight excluding hydrogens is 348 g/mol. The Bertz CT molecular complexity index is 770. The first-order valence-electron chi connectivity index (χ1n) is 7.81. The van der Waals surface area contributed by atoms with Crippen LogP contribution in [0.2, 0.25) is 0 Å². The first-order valence-corrected chi connectivity index (χ1v) is 9.66. The number of nitrogens with one attached hydrogen (secondary N) is 1. The molecule has 1 amide bonds. The van der Waals surface area contributed by atoms with Gasteiger partial charge in [0.1, 0.15) is 5.69 Å². The predicted octanol–water partition coefficient (Wildman–Crippen LogP) is 0.815. The van der Waals surface area contributed by atoms with E-state index in [-0.39, 0.29) is 17.3 Å². The zero-order valence-corrected chi connectivity index (χ0v) is 15.2. The number of benzene rings is 1. The summed E-state index contributed by atoms with van der Waals surface area (Å²) in [5.74, 6) is -0.397. The molecule has 0 atom stereocenters. The number of anilines is 1. The van der Waals surface area contributed by atoms with E-state index in [1.807, 2.05) is 0 Å². The van der Waals surface area contributed by atoms with Gasteiger partial charge in [0.15, 0.2) is 0 Å². The van der Waals surface area contributed by atoms with Crippen LogP contribution in [0.15, 0.2) is 18.2 Å². The maximum atomic E-state index is 12.4. The first-order chi connectivity index (χ1) is 11.6. The second-order valence-electron chi connectivity index (χ2n) is 6.26. The van der Waals surface area contributed by atoms with E-state index in [1.165, 1.54) is 10.4 Å². The Hall–Kier alpha value is -2.20. The van der Waals surface area contributed by atoms with E-state index in [0.29, 0.717) is 31.6 Å². The molecule has 0 spiro atoms. The van der Waals surface area contributed by atoms with Crippen molar-refractivity contribution in [1.82, 2.24) is 9.62 Å². The summed E-state index contributed by atoms with van der Waals surface area (Å²) in [5.41, 5.74) is 0.496. The fourth-order valence-electron chi connectivity index (χ4n) is 2.79. The largest absolute Gasteiger partial charge is 0.372 e. The minimum Gasteiger partial charge on any atom is -0.372 e. The van der Waals surface area contributed by atoms with Crippen LogP contribution in [0, 0.1) is 10.1 Å². The molecule has 0 bridgehead atoms. The van der Waals surface area contributed by atoms with Crippen molar-refractivity contribution >= 4 is 27.3 Å². The van der Waals surface area contributed by atoms with Crippen LogP contribution in [0.1, 0.15) is 23.2 Å². The van der Waals surface area contributed by atoms with Gasteiger partial charge in [-0.1, -0.05) is 0 Å². The van der Waals surface area contributed by atoms with Crippen molar-refractivity contribution < 1.29 is 18.1 Å². The zero-order chi connectivity index (χ0) is 18.8. The van der Waals surface area contributed by atoms with Gasteiger partial charge in [0.2, 0.25) is 10.0 Å². The van der Waals surface area contributed by atoms with Gasteiger partial charge in [0.05, 0.1) is 11.2 Å². The van der Waals surface area contributed by atoms with E-state index in [2.05, 4.69) is 5.32 Å². The number of hydrogen-bond donors (Lipinski definition) is 1. The van der Waals surface area contributed by atoms with Crippen molar-refractivity contribution in [2.75, 3.05) is 38.3 Å². The van der Waals surface area contributed by atoms with Gasteiger partial charge in [-0.3, -0.25) is 14.9 Å². The maximum absolute atomic E-state index is 12.4. The second-order valence-corrected chi connectivity index (χ2v) is 8.25. The molecule has 1 saturated heterocycles. The van der Waals surface area contributed by atoms with Crippen LogP contribution in [0.5, 0.6) is 0 Å². The molecule has 1 aliphatic heterocycles. The summed E-state index contributed by atoms with van der Waals surface area (Å²) in [5, 5.41) is 14.0. The van der Waals surface area contributed by atoms with Gasteiger partial charge in [-0.25, -0.2) is 12.7 Å². The predicted molar refractivity (Wildman–Crippen MR) is 94.3 cm³/mol. The highest BCUT2D eigenvalue weighted by Crippen LogP contribution is 2.27. The Labute approximate surface area is 146 Å². The molecule has 10 heteroatoms. The molecule has 9 nitrogen and oxygen atoms in total. The molecule has 0 saturated carbocycles. The molecule has 2 rings (SSSR count). The van der Waals surface area contributed by atoms with Gasteiger partial charge in [0, 0.05) is 44.9 Å². The molecule has 1 aliphatic rings. The van der Waals surface area contributed by atoms with E-state index in [9.17, 15) is 23.3 Å². The van der Waals surface area contributed by atoms with Crippen LogP contribution in [0.3, 0.4) is 0 Å². The fraction of sp³-hybridized carbons (Fsp3) is 0.533. The number of sulfonamides is 1. The number of hydrogen-bond acceptors (Lipinski definition) is 6. The number of carbonyl (C=O) groups excluding carboxylic acids is 1. The SMILES string of the molecule is CN(C)c1ccc(C(=O)NC2CCN(S(C)(=O)=O)CC2)cc1[N+](=O)[O-]. The Morgan fingerprint density at radius 1 is 1.32 bits per heavy atom. The molecule has 138 valence electrons. The third-order valence-electron chi connectivity index (χ3n) is 4.17. The molecule has 25 heavy (non-hydrogen) atoms. The molecule has 1 N–H and O–H groups in total. The van der Waals surface area contributed by atoms with Crippen molar-refractivity contribution in [3.63, 3.8) is 0 Å². The lowest BCUT2D eigenvalue weighted by Gasteiger charge is -2.30. The third kappa shape index (κ3) is 4.67. The van der Waals surface area contributed by atoms with Gasteiger partial charge < -0.3 is 10.2 Å². The van der Waals surface area contributed by atoms with E-state index in [1.54, 1.807) is 31.1 Å². The summed E-state index contributed by atoms with van der Waals surface area (Å²) in [4.78, 5) is 24.7. The lowest BCUT2D eigenvalue weighted by Crippen LogP contribution is -2.46. The topological polar surface area (TPSA) is 113 Å². The smallest absolute Gasteiger partial charge is 0.293 e. The lowest BCUT2D eigenvalue weighted by atomic mass is 10.1. The normalized spacial score (nSPS) is 16.4. The number of amides is 1. The van der Waals surface area contributed by atoms with Gasteiger partial charge in [-0.15, -0.1) is 0 Å². The molecule has 1 heterocycles. The third-order valence-corrected chi connectivity index (χ3v) is 5.48. The van der Waals surface area contributed by atoms with Crippen molar-refractivity contribution in [1.29, 1.82) is 0 Å². The molecule has 0 aliphatic carbocycles. The number of piperidine rings is 1. The number of rotatable bonds is 5. The number of nitro groups is 1. The number of nitro benzene ring substituents is 1. The summed E-state index contributed by atoms with van der Waals surface area (Å²) < 4.78 is 24.4. The monoisotopic (exact) mass is 370 g/mol. The van der Waals surface area contributed by atoms with Crippen LogP contribution < -0.4 is 10.2 Å². The van der Waals surface area contributed by atoms with Crippen LogP contribution in [-0.2, 0) is 10.0 Å². The van der Waals surface area contributed by atoms with Crippen molar-refractivity contribution in [2.24, 2.45) is 0 Å². The van der Waals surface area contributed by atoms with Gasteiger partial charge in [0.25, 0.3) is 11.6 Å². The minimum atomic E-state index is -3.22. The highest BCUT2D eigenvalue weighted by Gasteiger charge is 2.26. The van der Waals surface area contributed by atoms with Gasteiger partial charge in [-0.2, -0.15) is 0 Å². The van der Waals surface area contributed by atoms with E-state index >= 15 is 0 Å². The van der Waals surface area contributed by atoms with Crippen LogP contribution >= 0.6 is 0 Å². The van der Waals surface area contributed by atoms with Crippen LogP contribution in [0.25, 0.3) is 0 Å². The second kappa shape index (κ2) is 7.36. The van der Waals surface area contributed by atoms with E-state index in [4.69, 9.17) is 0 Å². The summed E-state index contributed by atoms with van der Waals surface area (Å²) in [6.07, 6.45) is 2.19. The molecule has 1 aromatic carbocycles. The maximum Gasteiger partial charge on any atom is 0.293 e. The van der Waals surface area contributed by atoms with E-state index in [0.717, 1.165) is 6.26 Å². The van der Waals surface area contributed by atoms with Crippen LogP contribution in [0.4, 0.5) is 11.4 Å². The van der Waals surface area contributed by atoms with E-state index < -0.39 is 20.9 Å². The number of nitrogens with zero attached hydrogens (tertiary/aromatic N) is 3. The van der Waals surface area contributed by atoms with Gasteiger partial charge in [-0.05, 0) is 25.0 Å². The Morgan fingerprint density at radius 3 is 2.40 bits per heavy atom. The van der Waals surface area contributed by atoms with Gasteiger partial charge >= 0.3 is 0 Å². The number of carbonyl (C=O) groups is 1. The Kier molecular flexibility index (Phi) is 5.63. The Morgan fingerprint density at radius 2 is 1.92 bits per heavy atom. The molecule has 0 radical (unpaired) electrons. The lowest BCUT2D eigenvalue weighted by molar-refractivity contribution is -0.384. The van der Waals surface area contributed by atoms with Crippen molar-refractivity contribution in [3.05, 3.63) is 33.9 Å². The first kappa shape index (κ1) is 19.1. The van der Waals surface area contributed by atoms with Crippen molar-refractivity contribution in [2.45, 2.75) is 18.9 Å². The molecule has 1 fully saturated rings. The summed E-state index contributed by atoms with van der Waals surface area (Å²) in [6.45, 7) is 0.701. The summed E-state index contributed by atoms with van der Waals surface area (Å²) in [6, 6.07) is 4.19. The average molecular weight is 370 g/mol. The minimum absolute atomic E-state index is 0.135. The van der Waals surface area contributed by atoms with Crippen molar-refractivity contribution in [3.8, 4) is 0 Å². The quantitative estimate of drug-likeness (QED) is 0.606. The fourth-order valence-corrected chi connectivity index (χ4v) is 3.66. The molecular formula is C15H22N4O5S. The Balaban J connectivity index is 2.07. The highest BCUT2D eigenvalue weighted by molar-refractivity contribution is 7.88. The van der Waals surface area contributed by atoms with Crippen LogP contribution in [-0.4, -0.2) is 63.0 Å². The highest BCUT2D eigenvalue weighted by atomic mass is 32.2. The molecule has 1 aromatic rings. The summed E-state index contributed by atoms with van der Waals surface area (Å²) >= 11 is 0. The molecule has 0 unspecified atom stereocenters. The average Bonchev–Trinajstić information content (AvgIpc) is 2.53.